The van der Waals surface area contributed by atoms with E-state index in [1.165, 1.54) is 11.6 Å². The topological polar surface area (TPSA) is 80.1 Å². The SMILES string of the molecule is Cc1ccc(-c2[nH]c3c(c2[C@H]2C(=O)N(C)c4ccccc42)c(=O)n(C)c(=O)n3C)cc1. The Kier molecular flexibility index (Phi) is 4.05. The van der Waals surface area contributed by atoms with Crippen LogP contribution in [0.5, 0.6) is 0 Å². The Morgan fingerprint density at radius 1 is 0.871 bits per heavy atom. The van der Waals surface area contributed by atoms with Crippen molar-refractivity contribution in [2.24, 2.45) is 14.1 Å². The van der Waals surface area contributed by atoms with Crippen LogP contribution in [0.4, 0.5) is 5.69 Å². The van der Waals surface area contributed by atoms with Gasteiger partial charge in [0.15, 0.2) is 0 Å². The number of carbonyl (C=O) groups is 1. The number of anilines is 1. The zero-order chi connectivity index (χ0) is 22.0. The Labute approximate surface area is 178 Å². The molecule has 1 amide bonds. The Hall–Kier alpha value is -3.87. The summed E-state index contributed by atoms with van der Waals surface area (Å²) in [6, 6.07) is 15.5. The number of aryl methyl sites for hydroxylation is 2. The second-order valence-corrected chi connectivity index (χ2v) is 8.10. The summed E-state index contributed by atoms with van der Waals surface area (Å²) < 4.78 is 2.51. The van der Waals surface area contributed by atoms with Gasteiger partial charge in [0.05, 0.1) is 17.0 Å². The highest BCUT2D eigenvalue weighted by atomic mass is 16.2. The molecule has 0 saturated carbocycles. The quantitative estimate of drug-likeness (QED) is 0.548. The number of rotatable bonds is 2. The molecule has 0 unspecified atom stereocenters. The number of aromatic amines is 1. The number of hydrogen-bond donors (Lipinski definition) is 1. The van der Waals surface area contributed by atoms with Gasteiger partial charge in [-0.05, 0) is 24.1 Å². The Balaban J connectivity index is 1.95. The van der Waals surface area contributed by atoms with Crippen molar-refractivity contribution in [3.63, 3.8) is 0 Å². The highest BCUT2D eigenvalue weighted by molar-refractivity contribution is 6.10. The third-order valence-electron chi connectivity index (χ3n) is 6.26. The van der Waals surface area contributed by atoms with Crippen molar-refractivity contribution >= 4 is 22.6 Å². The molecular formula is C24H22N4O3. The van der Waals surface area contributed by atoms with Crippen LogP contribution in [0.1, 0.15) is 22.6 Å². The minimum atomic E-state index is -0.642. The van der Waals surface area contributed by atoms with Crippen LogP contribution in [-0.2, 0) is 18.9 Å². The fourth-order valence-electron chi connectivity index (χ4n) is 4.54. The van der Waals surface area contributed by atoms with Gasteiger partial charge in [0.1, 0.15) is 5.65 Å². The van der Waals surface area contributed by atoms with E-state index in [1.54, 1.807) is 19.0 Å². The van der Waals surface area contributed by atoms with E-state index < -0.39 is 17.2 Å². The number of para-hydroxylation sites is 1. The van der Waals surface area contributed by atoms with Gasteiger partial charge in [0.25, 0.3) is 5.56 Å². The molecule has 0 fully saturated rings. The number of nitrogens with one attached hydrogen (secondary N) is 1. The first kappa shape index (κ1) is 19.1. The minimum absolute atomic E-state index is 0.105. The van der Waals surface area contributed by atoms with Crippen molar-refractivity contribution in [1.29, 1.82) is 0 Å². The maximum absolute atomic E-state index is 13.4. The van der Waals surface area contributed by atoms with Crippen molar-refractivity contribution in [1.82, 2.24) is 14.1 Å². The lowest BCUT2D eigenvalue weighted by Crippen LogP contribution is -2.37. The predicted octanol–water partition coefficient (Wildman–Crippen LogP) is 2.65. The minimum Gasteiger partial charge on any atom is -0.340 e. The molecule has 0 spiro atoms. The molecule has 0 saturated heterocycles. The first-order valence-corrected chi connectivity index (χ1v) is 10.1. The van der Waals surface area contributed by atoms with Crippen LogP contribution in [0, 0.1) is 6.92 Å². The Morgan fingerprint density at radius 3 is 2.26 bits per heavy atom. The molecule has 1 atom stereocenters. The molecule has 0 bridgehead atoms. The number of carbonyl (C=O) groups excluding carboxylic acids is 1. The van der Waals surface area contributed by atoms with E-state index >= 15 is 0 Å². The molecule has 156 valence electrons. The number of hydrogen-bond acceptors (Lipinski definition) is 3. The fraction of sp³-hybridized carbons (Fsp3) is 0.208. The van der Waals surface area contributed by atoms with E-state index in [9.17, 15) is 14.4 Å². The number of aromatic nitrogens is 3. The molecule has 5 rings (SSSR count). The van der Waals surface area contributed by atoms with E-state index in [2.05, 4.69) is 4.98 Å². The summed E-state index contributed by atoms with van der Waals surface area (Å²) >= 11 is 0. The van der Waals surface area contributed by atoms with E-state index in [1.807, 2.05) is 55.5 Å². The highest BCUT2D eigenvalue weighted by Gasteiger charge is 2.40. The summed E-state index contributed by atoms with van der Waals surface area (Å²) in [4.78, 5) is 44.2. The normalized spacial score (nSPS) is 15.7. The van der Waals surface area contributed by atoms with Gasteiger partial charge in [-0.25, -0.2) is 4.79 Å². The molecule has 4 aromatic rings. The summed E-state index contributed by atoms with van der Waals surface area (Å²) in [6.45, 7) is 2.00. The lowest BCUT2D eigenvalue weighted by atomic mass is 9.89. The van der Waals surface area contributed by atoms with Crippen LogP contribution in [0.25, 0.3) is 22.3 Å². The maximum Gasteiger partial charge on any atom is 0.332 e. The average Bonchev–Trinajstić information content (AvgIpc) is 3.27. The number of amides is 1. The third kappa shape index (κ3) is 2.56. The lowest BCUT2D eigenvalue weighted by molar-refractivity contribution is -0.118. The molecule has 7 heteroatoms. The largest absolute Gasteiger partial charge is 0.340 e. The van der Waals surface area contributed by atoms with E-state index in [4.69, 9.17) is 0 Å². The molecule has 3 heterocycles. The Bertz CT molecular complexity index is 1490. The highest BCUT2D eigenvalue weighted by Crippen LogP contribution is 2.45. The summed E-state index contributed by atoms with van der Waals surface area (Å²) in [7, 11) is 4.83. The van der Waals surface area contributed by atoms with Crippen LogP contribution in [0.15, 0.2) is 58.1 Å². The number of likely N-dealkylation sites (N-methyl/N-ethyl adjacent to an activating group) is 1. The molecule has 2 aromatic heterocycles. The van der Waals surface area contributed by atoms with Gasteiger partial charge in [-0.3, -0.25) is 18.7 Å². The molecule has 31 heavy (non-hydrogen) atoms. The van der Waals surface area contributed by atoms with Gasteiger partial charge in [-0.15, -0.1) is 0 Å². The average molecular weight is 414 g/mol. The molecule has 1 N–H and O–H groups in total. The predicted molar refractivity (Wildman–Crippen MR) is 121 cm³/mol. The number of fused-ring (bicyclic) bond motifs is 2. The monoisotopic (exact) mass is 414 g/mol. The molecule has 0 aliphatic carbocycles. The molecule has 0 radical (unpaired) electrons. The number of H-pyrrole nitrogens is 1. The molecule has 1 aliphatic heterocycles. The number of nitrogens with zero attached hydrogens (tertiary/aromatic N) is 3. The van der Waals surface area contributed by atoms with E-state index in [0.29, 0.717) is 22.3 Å². The zero-order valence-corrected chi connectivity index (χ0v) is 17.8. The first-order valence-electron chi connectivity index (χ1n) is 10.1. The molecular weight excluding hydrogens is 392 g/mol. The molecule has 2 aromatic carbocycles. The van der Waals surface area contributed by atoms with Crippen LogP contribution < -0.4 is 16.1 Å². The summed E-state index contributed by atoms with van der Waals surface area (Å²) in [6.07, 6.45) is 0. The van der Waals surface area contributed by atoms with E-state index in [0.717, 1.165) is 26.9 Å². The van der Waals surface area contributed by atoms with Gasteiger partial charge in [0, 0.05) is 32.4 Å². The van der Waals surface area contributed by atoms with Gasteiger partial charge < -0.3 is 9.88 Å². The zero-order valence-electron chi connectivity index (χ0n) is 17.8. The van der Waals surface area contributed by atoms with Gasteiger partial charge in [0.2, 0.25) is 5.91 Å². The van der Waals surface area contributed by atoms with Crippen LogP contribution >= 0.6 is 0 Å². The van der Waals surface area contributed by atoms with Crippen molar-refractivity contribution in [3.05, 3.63) is 86.1 Å². The van der Waals surface area contributed by atoms with Gasteiger partial charge in [-0.2, -0.15) is 0 Å². The van der Waals surface area contributed by atoms with Crippen molar-refractivity contribution in [2.75, 3.05) is 11.9 Å². The first-order chi connectivity index (χ1) is 14.8. The van der Waals surface area contributed by atoms with E-state index in [-0.39, 0.29) is 5.91 Å². The van der Waals surface area contributed by atoms with Crippen LogP contribution in [-0.4, -0.2) is 27.1 Å². The summed E-state index contributed by atoms with van der Waals surface area (Å²) in [5, 5.41) is 0.364. The van der Waals surface area contributed by atoms with Crippen molar-refractivity contribution in [3.8, 4) is 11.3 Å². The van der Waals surface area contributed by atoms with Crippen LogP contribution in [0.2, 0.25) is 0 Å². The second kappa shape index (κ2) is 6.57. The van der Waals surface area contributed by atoms with Crippen molar-refractivity contribution in [2.45, 2.75) is 12.8 Å². The summed E-state index contributed by atoms with van der Waals surface area (Å²) in [5.74, 6) is -0.747. The van der Waals surface area contributed by atoms with Gasteiger partial charge >= 0.3 is 5.69 Å². The molecule has 1 aliphatic rings. The second-order valence-electron chi connectivity index (χ2n) is 8.10. The smallest absolute Gasteiger partial charge is 0.332 e. The fourth-order valence-corrected chi connectivity index (χ4v) is 4.54. The lowest BCUT2D eigenvalue weighted by Gasteiger charge is -2.13. The summed E-state index contributed by atoms with van der Waals surface area (Å²) in [5.41, 5.74) is 4.49. The standard InChI is InChI=1S/C24H22N4O3/c1-13-9-11-14(12-10-13)20-18(17-15-7-5-6-8-16(15)26(2)22(17)29)19-21(25-20)27(3)24(31)28(4)23(19)30/h5-12,17,25H,1-4H3/t17-/m0/s1. The third-order valence-corrected chi connectivity index (χ3v) is 6.26. The molecule has 7 nitrogen and oxygen atoms in total. The van der Waals surface area contributed by atoms with Crippen molar-refractivity contribution < 1.29 is 4.79 Å². The maximum atomic E-state index is 13.4. The Morgan fingerprint density at radius 2 is 1.55 bits per heavy atom. The van der Waals surface area contributed by atoms with Crippen LogP contribution in [0.3, 0.4) is 0 Å². The number of benzene rings is 2. The van der Waals surface area contributed by atoms with Gasteiger partial charge in [-0.1, -0.05) is 48.0 Å².